The third-order valence-corrected chi connectivity index (χ3v) is 2.61. The zero-order valence-corrected chi connectivity index (χ0v) is 11.2. The Bertz CT molecular complexity index is 640. The van der Waals surface area contributed by atoms with Crippen LogP contribution in [-0.2, 0) is 0 Å². The van der Waals surface area contributed by atoms with E-state index < -0.39 is 23.8 Å². The fourth-order valence-electron chi connectivity index (χ4n) is 1.70. The molecule has 0 spiro atoms. The molecular formula is C14H13F2NO4. The number of hydrogen-bond donors (Lipinski definition) is 1. The highest BCUT2D eigenvalue weighted by Crippen LogP contribution is 2.29. The summed E-state index contributed by atoms with van der Waals surface area (Å²) in [5.74, 6) is -2.07. The second-order valence-corrected chi connectivity index (χ2v) is 4.22. The SMILES string of the molecule is CCCOc1cccc(-c2nc(C(F)F)c(C(=O)O)o2)c1. The first-order chi connectivity index (χ1) is 10.0. The van der Waals surface area contributed by atoms with Crippen molar-refractivity contribution in [3.63, 3.8) is 0 Å². The Hall–Kier alpha value is -2.44. The maximum absolute atomic E-state index is 12.8. The second kappa shape index (κ2) is 6.34. The smallest absolute Gasteiger partial charge is 0.374 e. The minimum absolute atomic E-state index is 0.176. The molecule has 0 saturated heterocycles. The molecule has 0 aliphatic rings. The van der Waals surface area contributed by atoms with Crippen LogP contribution in [0.1, 0.15) is 36.0 Å². The Kier molecular flexibility index (Phi) is 4.52. The van der Waals surface area contributed by atoms with Gasteiger partial charge < -0.3 is 14.3 Å². The third-order valence-electron chi connectivity index (χ3n) is 2.61. The predicted molar refractivity (Wildman–Crippen MR) is 69.6 cm³/mol. The van der Waals surface area contributed by atoms with E-state index >= 15 is 0 Å². The van der Waals surface area contributed by atoms with E-state index in [1.165, 1.54) is 0 Å². The van der Waals surface area contributed by atoms with Crippen molar-refractivity contribution in [3.05, 3.63) is 35.7 Å². The Morgan fingerprint density at radius 2 is 2.24 bits per heavy atom. The summed E-state index contributed by atoms with van der Waals surface area (Å²) >= 11 is 0. The number of carboxylic acid groups (broad SMARTS) is 1. The van der Waals surface area contributed by atoms with Gasteiger partial charge in [-0.2, -0.15) is 0 Å². The van der Waals surface area contributed by atoms with Crippen molar-refractivity contribution >= 4 is 5.97 Å². The highest BCUT2D eigenvalue weighted by Gasteiger charge is 2.26. The maximum Gasteiger partial charge on any atom is 0.374 e. The fraction of sp³-hybridized carbons (Fsp3) is 0.286. The molecular weight excluding hydrogens is 284 g/mol. The summed E-state index contributed by atoms with van der Waals surface area (Å²) in [6, 6.07) is 6.48. The number of benzene rings is 1. The van der Waals surface area contributed by atoms with Crippen LogP contribution in [0.25, 0.3) is 11.5 Å². The van der Waals surface area contributed by atoms with E-state index in [4.69, 9.17) is 14.3 Å². The first-order valence-corrected chi connectivity index (χ1v) is 6.28. The number of oxazole rings is 1. The van der Waals surface area contributed by atoms with Gasteiger partial charge >= 0.3 is 5.97 Å². The van der Waals surface area contributed by atoms with E-state index in [1.54, 1.807) is 24.3 Å². The summed E-state index contributed by atoms with van der Waals surface area (Å²) in [7, 11) is 0. The van der Waals surface area contributed by atoms with Crippen LogP contribution < -0.4 is 4.74 Å². The van der Waals surface area contributed by atoms with Crippen molar-refractivity contribution in [2.75, 3.05) is 6.61 Å². The van der Waals surface area contributed by atoms with Crippen LogP contribution in [0.4, 0.5) is 8.78 Å². The molecule has 0 unspecified atom stereocenters. The van der Waals surface area contributed by atoms with E-state index in [2.05, 4.69) is 4.98 Å². The quantitative estimate of drug-likeness (QED) is 0.878. The molecule has 7 heteroatoms. The molecule has 0 radical (unpaired) electrons. The number of ether oxygens (including phenoxy) is 1. The van der Waals surface area contributed by atoms with Gasteiger partial charge in [0.15, 0.2) is 5.69 Å². The zero-order chi connectivity index (χ0) is 15.4. The van der Waals surface area contributed by atoms with Gasteiger partial charge in [0.25, 0.3) is 6.43 Å². The van der Waals surface area contributed by atoms with Gasteiger partial charge in [-0.15, -0.1) is 0 Å². The predicted octanol–water partition coefficient (Wildman–Crippen LogP) is 3.77. The van der Waals surface area contributed by atoms with Crippen LogP contribution in [0.3, 0.4) is 0 Å². The maximum atomic E-state index is 12.8. The molecule has 0 aliphatic heterocycles. The number of carboxylic acids is 1. The molecule has 0 atom stereocenters. The summed E-state index contributed by atoms with van der Waals surface area (Å²) in [5, 5.41) is 8.85. The zero-order valence-electron chi connectivity index (χ0n) is 11.2. The number of nitrogens with zero attached hydrogens (tertiary/aromatic N) is 1. The first-order valence-electron chi connectivity index (χ1n) is 6.28. The van der Waals surface area contributed by atoms with Crippen molar-refractivity contribution in [1.29, 1.82) is 0 Å². The molecule has 5 nitrogen and oxygen atoms in total. The van der Waals surface area contributed by atoms with Crippen molar-refractivity contribution in [1.82, 2.24) is 4.98 Å². The number of halogens is 2. The Morgan fingerprint density at radius 3 is 2.81 bits per heavy atom. The second-order valence-electron chi connectivity index (χ2n) is 4.22. The molecule has 1 heterocycles. The topological polar surface area (TPSA) is 72.6 Å². The number of hydrogen-bond acceptors (Lipinski definition) is 4. The highest BCUT2D eigenvalue weighted by atomic mass is 19.3. The fourth-order valence-corrected chi connectivity index (χ4v) is 1.70. The Balaban J connectivity index is 2.38. The van der Waals surface area contributed by atoms with Crippen LogP contribution in [0.15, 0.2) is 28.7 Å². The highest BCUT2D eigenvalue weighted by molar-refractivity contribution is 5.86. The van der Waals surface area contributed by atoms with Gasteiger partial charge in [0.1, 0.15) is 5.75 Å². The third kappa shape index (κ3) is 3.36. The molecule has 0 aliphatic carbocycles. The van der Waals surface area contributed by atoms with E-state index in [1.807, 2.05) is 6.92 Å². The van der Waals surface area contributed by atoms with Gasteiger partial charge in [0.2, 0.25) is 11.7 Å². The molecule has 2 aromatic rings. The monoisotopic (exact) mass is 297 g/mol. The minimum atomic E-state index is -3.02. The van der Waals surface area contributed by atoms with Crippen molar-refractivity contribution in [2.24, 2.45) is 0 Å². The van der Waals surface area contributed by atoms with E-state index in [0.717, 1.165) is 6.42 Å². The molecule has 21 heavy (non-hydrogen) atoms. The lowest BCUT2D eigenvalue weighted by molar-refractivity contribution is 0.0647. The molecule has 0 fully saturated rings. The van der Waals surface area contributed by atoms with Gasteiger partial charge in [0, 0.05) is 5.56 Å². The van der Waals surface area contributed by atoms with Crippen LogP contribution >= 0.6 is 0 Å². The molecule has 0 saturated carbocycles. The molecule has 0 amide bonds. The van der Waals surface area contributed by atoms with Gasteiger partial charge in [-0.1, -0.05) is 13.0 Å². The van der Waals surface area contributed by atoms with E-state index in [-0.39, 0.29) is 5.89 Å². The Morgan fingerprint density at radius 1 is 1.48 bits per heavy atom. The summed E-state index contributed by atoms with van der Waals surface area (Å²) in [6.45, 7) is 2.46. The van der Waals surface area contributed by atoms with E-state index in [0.29, 0.717) is 17.9 Å². The number of rotatable bonds is 6. The van der Waals surface area contributed by atoms with Crippen molar-refractivity contribution in [2.45, 2.75) is 19.8 Å². The first kappa shape index (κ1) is 15.0. The van der Waals surface area contributed by atoms with Crippen LogP contribution in [0.2, 0.25) is 0 Å². The van der Waals surface area contributed by atoms with Crippen LogP contribution in [0, 0.1) is 0 Å². The van der Waals surface area contributed by atoms with E-state index in [9.17, 15) is 13.6 Å². The number of carbonyl (C=O) groups is 1. The normalized spacial score (nSPS) is 10.9. The van der Waals surface area contributed by atoms with Gasteiger partial charge in [-0.25, -0.2) is 18.6 Å². The van der Waals surface area contributed by atoms with Crippen LogP contribution in [-0.4, -0.2) is 22.7 Å². The molecule has 2 rings (SSSR count). The van der Waals surface area contributed by atoms with Gasteiger partial charge in [0.05, 0.1) is 6.61 Å². The summed E-state index contributed by atoms with van der Waals surface area (Å²) in [6.07, 6.45) is -2.20. The average molecular weight is 297 g/mol. The van der Waals surface area contributed by atoms with Gasteiger partial charge in [-0.05, 0) is 24.6 Å². The Labute approximate surface area is 119 Å². The molecule has 1 N–H and O–H groups in total. The lowest BCUT2D eigenvalue weighted by Gasteiger charge is -2.04. The molecule has 1 aromatic heterocycles. The number of aromatic nitrogens is 1. The lowest BCUT2D eigenvalue weighted by atomic mass is 10.2. The van der Waals surface area contributed by atoms with Crippen molar-refractivity contribution < 1.29 is 27.8 Å². The number of alkyl halides is 2. The summed E-state index contributed by atoms with van der Waals surface area (Å²) < 4.78 is 35.9. The van der Waals surface area contributed by atoms with Crippen molar-refractivity contribution in [3.8, 4) is 17.2 Å². The lowest BCUT2D eigenvalue weighted by Crippen LogP contribution is -1.99. The summed E-state index contributed by atoms with van der Waals surface area (Å²) in [4.78, 5) is 14.5. The standard InChI is InChI=1S/C14H13F2NO4/c1-2-6-20-9-5-3-4-8(7-9)13-17-10(12(15)16)11(21-13)14(18)19/h3-5,7,12H,2,6H2,1H3,(H,18,19). The average Bonchev–Trinajstić information content (AvgIpc) is 2.91. The minimum Gasteiger partial charge on any atom is -0.494 e. The van der Waals surface area contributed by atoms with Crippen LogP contribution in [0.5, 0.6) is 5.75 Å². The molecule has 1 aromatic carbocycles. The summed E-state index contributed by atoms with van der Waals surface area (Å²) in [5.41, 5.74) is -0.504. The number of aromatic carboxylic acids is 1. The van der Waals surface area contributed by atoms with Gasteiger partial charge in [-0.3, -0.25) is 0 Å². The molecule has 112 valence electrons. The largest absolute Gasteiger partial charge is 0.494 e. The molecule has 0 bridgehead atoms.